The molecule has 2 N–H and O–H groups in total. The van der Waals surface area contributed by atoms with Crippen LogP contribution in [-0.2, 0) is 10.0 Å². The first kappa shape index (κ1) is 23.8. The Balaban J connectivity index is 1.54. The highest BCUT2D eigenvalue weighted by atomic mass is 32.2. The average molecular weight is 443 g/mol. The number of hydrogen-bond acceptors (Lipinski definition) is 5. The molecule has 0 amide bonds. The Morgan fingerprint density at radius 3 is 2.23 bits per heavy atom. The van der Waals surface area contributed by atoms with Gasteiger partial charge in [0.1, 0.15) is 0 Å². The minimum absolute atomic E-state index is 0.183. The van der Waals surface area contributed by atoms with Crippen molar-refractivity contribution in [3.8, 4) is 0 Å². The molecule has 0 aromatic heterocycles. The van der Waals surface area contributed by atoms with E-state index in [1.165, 1.54) is 45.2 Å². The second kappa shape index (κ2) is 10.6. The monoisotopic (exact) mass is 442 g/mol. The molecule has 0 saturated carbocycles. The van der Waals surface area contributed by atoms with Gasteiger partial charge in [-0.3, -0.25) is 9.89 Å². The molecular formula is C21H42N6O2S. The summed E-state index contributed by atoms with van der Waals surface area (Å²) in [5.74, 6) is 1.03. The molecule has 8 nitrogen and oxygen atoms in total. The first-order valence-corrected chi connectivity index (χ1v) is 13.4. The lowest BCUT2D eigenvalue weighted by Crippen LogP contribution is -2.62. The summed E-state index contributed by atoms with van der Waals surface area (Å²) in [6.45, 7) is 8.53. The van der Waals surface area contributed by atoms with Crippen LogP contribution in [0, 0.1) is 0 Å². The molecule has 3 fully saturated rings. The molecule has 0 spiro atoms. The SMILES string of the molecule is CCS(=O)(=O)N1CCC(NC(=NC)NCC2(N3CCCCC3)CCN(C)CC2)CC1. The van der Waals surface area contributed by atoms with Crippen LogP contribution in [0.3, 0.4) is 0 Å². The Labute approximate surface area is 183 Å². The molecule has 30 heavy (non-hydrogen) atoms. The van der Waals surface area contributed by atoms with Gasteiger partial charge in [-0.2, -0.15) is 0 Å². The number of guanidine groups is 1. The highest BCUT2D eigenvalue weighted by molar-refractivity contribution is 7.89. The summed E-state index contributed by atoms with van der Waals surface area (Å²) in [5.41, 5.74) is 0.211. The van der Waals surface area contributed by atoms with Crippen LogP contribution in [0.2, 0.25) is 0 Å². The number of nitrogens with one attached hydrogen (secondary N) is 2. The van der Waals surface area contributed by atoms with Gasteiger partial charge < -0.3 is 15.5 Å². The van der Waals surface area contributed by atoms with E-state index in [1.807, 2.05) is 7.05 Å². The molecule has 3 aliphatic heterocycles. The van der Waals surface area contributed by atoms with E-state index in [1.54, 1.807) is 11.2 Å². The summed E-state index contributed by atoms with van der Waals surface area (Å²) in [5, 5.41) is 7.19. The van der Waals surface area contributed by atoms with Crippen LogP contribution in [0.25, 0.3) is 0 Å². The maximum Gasteiger partial charge on any atom is 0.213 e. The zero-order valence-corrected chi connectivity index (χ0v) is 20.0. The molecule has 9 heteroatoms. The number of likely N-dealkylation sites (tertiary alicyclic amines) is 2. The fraction of sp³-hybridized carbons (Fsp3) is 0.952. The van der Waals surface area contributed by atoms with Crippen LogP contribution in [0.4, 0.5) is 0 Å². The van der Waals surface area contributed by atoms with Crippen molar-refractivity contribution in [2.45, 2.75) is 63.5 Å². The topological polar surface area (TPSA) is 80.3 Å². The number of nitrogens with zero attached hydrogens (tertiary/aromatic N) is 4. The van der Waals surface area contributed by atoms with Gasteiger partial charge in [-0.25, -0.2) is 12.7 Å². The summed E-state index contributed by atoms with van der Waals surface area (Å²) in [6.07, 6.45) is 8.01. The van der Waals surface area contributed by atoms with Gasteiger partial charge >= 0.3 is 0 Å². The third kappa shape index (κ3) is 5.87. The van der Waals surface area contributed by atoms with E-state index in [0.717, 1.165) is 38.4 Å². The number of piperidine rings is 3. The average Bonchev–Trinajstić information content (AvgIpc) is 2.79. The van der Waals surface area contributed by atoms with Gasteiger partial charge in [-0.1, -0.05) is 6.42 Å². The second-order valence-electron chi connectivity index (χ2n) is 9.22. The van der Waals surface area contributed by atoms with Gasteiger partial charge in [0.05, 0.1) is 5.75 Å². The standard InChI is InChI=1S/C21H42N6O2S/c1-4-30(28,29)27-14-8-19(9-15-27)24-20(22-2)23-18-21(10-16-25(3)17-11-21)26-12-6-5-7-13-26/h19H,4-18H2,1-3H3,(H2,22,23,24). The number of hydrogen-bond donors (Lipinski definition) is 2. The molecule has 0 aromatic carbocycles. The van der Waals surface area contributed by atoms with Gasteiger partial charge in [-0.05, 0) is 78.7 Å². The maximum atomic E-state index is 12.1. The third-order valence-corrected chi connectivity index (χ3v) is 9.19. The number of aliphatic imine (C=N–C) groups is 1. The molecule has 3 aliphatic rings. The van der Waals surface area contributed by atoms with Gasteiger partial charge in [0.2, 0.25) is 10.0 Å². The maximum absolute atomic E-state index is 12.1. The molecule has 0 radical (unpaired) electrons. The van der Waals surface area contributed by atoms with E-state index in [-0.39, 0.29) is 17.3 Å². The van der Waals surface area contributed by atoms with Crippen molar-refractivity contribution in [2.75, 3.05) is 65.7 Å². The van der Waals surface area contributed by atoms with Gasteiger partial charge in [0, 0.05) is 38.3 Å². The van der Waals surface area contributed by atoms with Crippen LogP contribution in [0.15, 0.2) is 4.99 Å². The van der Waals surface area contributed by atoms with Crippen molar-refractivity contribution in [3.05, 3.63) is 0 Å². The van der Waals surface area contributed by atoms with Crippen molar-refractivity contribution in [3.63, 3.8) is 0 Å². The molecule has 0 aliphatic carbocycles. The molecule has 3 heterocycles. The molecule has 0 atom stereocenters. The van der Waals surface area contributed by atoms with Crippen LogP contribution in [0.1, 0.15) is 51.9 Å². The number of rotatable bonds is 6. The first-order valence-electron chi connectivity index (χ1n) is 11.8. The van der Waals surface area contributed by atoms with Gasteiger partial charge in [0.25, 0.3) is 0 Å². The number of sulfonamides is 1. The summed E-state index contributed by atoms with van der Waals surface area (Å²) >= 11 is 0. The smallest absolute Gasteiger partial charge is 0.213 e. The Hall–Kier alpha value is -0.900. The minimum atomic E-state index is -3.08. The second-order valence-corrected chi connectivity index (χ2v) is 11.5. The van der Waals surface area contributed by atoms with Crippen molar-refractivity contribution in [1.82, 2.24) is 24.7 Å². The van der Waals surface area contributed by atoms with E-state index in [2.05, 4.69) is 32.5 Å². The Bertz CT molecular complexity index is 661. The fourth-order valence-electron chi connectivity index (χ4n) is 5.10. The predicted octanol–water partition coefficient (Wildman–Crippen LogP) is 0.916. The lowest BCUT2D eigenvalue weighted by atomic mass is 9.84. The predicted molar refractivity (Wildman–Crippen MR) is 123 cm³/mol. The van der Waals surface area contributed by atoms with Gasteiger partial charge in [0.15, 0.2) is 5.96 Å². The van der Waals surface area contributed by atoms with Crippen LogP contribution in [-0.4, -0.2) is 106 Å². The quantitative estimate of drug-likeness (QED) is 0.470. The van der Waals surface area contributed by atoms with Crippen molar-refractivity contribution in [1.29, 1.82) is 0 Å². The summed E-state index contributed by atoms with van der Waals surface area (Å²) < 4.78 is 25.8. The van der Waals surface area contributed by atoms with Crippen molar-refractivity contribution >= 4 is 16.0 Å². The highest BCUT2D eigenvalue weighted by Gasteiger charge is 2.39. The van der Waals surface area contributed by atoms with Crippen molar-refractivity contribution in [2.24, 2.45) is 4.99 Å². The summed E-state index contributed by atoms with van der Waals surface area (Å²) in [7, 11) is 0.971. The Kier molecular flexibility index (Phi) is 8.40. The van der Waals surface area contributed by atoms with E-state index in [9.17, 15) is 8.42 Å². The van der Waals surface area contributed by atoms with E-state index < -0.39 is 10.0 Å². The highest BCUT2D eigenvalue weighted by Crippen LogP contribution is 2.30. The molecule has 0 aromatic rings. The van der Waals surface area contributed by atoms with Crippen LogP contribution < -0.4 is 10.6 Å². The van der Waals surface area contributed by atoms with E-state index in [4.69, 9.17) is 0 Å². The Morgan fingerprint density at radius 1 is 1.03 bits per heavy atom. The Morgan fingerprint density at radius 2 is 1.67 bits per heavy atom. The molecule has 0 bridgehead atoms. The first-order chi connectivity index (χ1) is 14.4. The van der Waals surface area contributed by atoms with E-state index in [0.29, 0.717) is 13.1 Å². The molecule has 3 rings (SSSR count). The minimum Gasteiger partial charge on any atom is -0.355 e. The lowest BCUT2D eigenvalue weighted by molar-refractivity contribution is 0.0172. The molecular weight excluding hydrogens is 400 g/mol. The third-order valence-electron chi connectivity index (χ3n) is 7.31. The molecule has 0 unspecified atom stereocenters. The van der Waals surface area contributed by atoms with Crippen LogP contribution in [0.5, 0.6) is 0 Å². The summed E-state index contributed by atoms with van der Waals surface area (Å²) in [4.78, 5) is 9.65. The summed E-state index contributed by atoms with van der Waals surface area (Å²) in [6, 6.07) is 0.267. The fourth-order valence-corrected chi connectivity index (χ4v) is 6.24. The normalized spacial score (nSPS) is 25.9. The van der Waals surface area contributed by atoms with Crippen LogP contribution >= 0.6 is 0 Å². The lowest BCUT2D eigenvalue weighted by Gasteiger charge is -2.50. The molecule has 174 valence electrons. The molecule has 3 saturated heterocycles. The van der Waals surface area contributed by atoms with E-state index >= 15 is 0 Å². The largest absolute Gasteiger partial charge is 0.355 e. The van der Waals surface area contributed by atoms with Gasteiger partial charge in [-0.15, -0.1) is 0 Å². The zero-order valence-electron chi connectivity index (χ0n) is 19.2. The van der Waals surface area contributed by atoms with Crippen molar-refractivity contribution < 1.29 is 8.42 Å². The zero-order chi connectivity index (χ0) is 21.6.